The van der Waals surface area contributed by atoms with Crippen LogP contribution in [0.2, 0.25) is 0 Å². The summed E-state index contributed by atoms with van der Waals surface area (Å²) in [5.41, 5.74) is 2.08. The van der Waals surface area contributed by atoms with Crippen LogP contribution in [0.4, 0.5) is 8.78 Å². The van der Waals surface area contributed by atoms with Gasteiger partial charge in [0.2, 0.25) is 0 Å². The number of halogens is 2. The average molecular weight is 282 g/mol. The van der Waals surface area contributed by atoms with Gasteiger partial charge in [-0.2, -0.15) is 0 Å². The number of benzene rings is 1. The standard InChI is InChI=1S/C14H16F2N2S/c1-9-8-19-14(18-9)10(2)17-7-11-3-5-12(6-4-11)13(15)16/h3-6,8,10,13,17H,7H2,1-2H3. The fourth-order valence-corrected chi connectivity index (χ4v) is 2.54. The smallest absolute Gasteiger partial charge is 0.263 e. The Labute approximate surface area is 115 Å². The van der Waals surface area contributed by atoms with Crippen LogP contribution in [-0.2, 0) is 6.54 Å². The first-order valence-electron chi connectivity index (χ1n) is 6.08. The number of aryl methyl sites for hydroxylation is 1. The largest absolute Gasteiger partial charge is 0.304 e. The predicted molar refractivity (Wildman–Crippen MR) is 73.5 cm³/mol. The zero-order valence-corrected chi connectivity index (χ0v) is 11.7. The number of aromatic nitrogens is 1. The summed E-state index contributed by atoms with van der Waals surface area (Å²) < 4.78 is 24.8. The number of nitrogens with zero attached hydrogens (tertiary/aromatic N) is 1. The molecule has 1 N–H and O–H groups in total. The molecular weight excluding hydrogens is 266 g/mol. The van der Waals surface area contributed by atoms with Crippen LogP contribution in [0.1, 0.15) is 41.2 Å². The molecule has 2 rings (SSSR count). The Balaban J connectivity index is 1.91. The van der Waals surface area contributed by atoms with E-state index in [0.717, 1.165) is 16.3 Å². The molecule has 0 aliphatic carbocycles. The summed E-state index contributed by atoms with van der Waals surface area (Å²) in [7, 11) is 0. The molecule has 1 aromatic heterocycles. The van der Waals surface area contributed by atoms with Crippen LogP contribution in [0.15, 0.2) is 29.6 Å². The Hall–Kier alpha value is -1.33. The third-order valence-electron chi connectivity index (χ3n) is 2.85. The van der Waals surface area contributed by atoms with E-state index in [1.165, 1.54) is 12.1 Å². The third kappa shape index (κ3) is 3.81. The quantitative estimate of drug-likeness (QED) is 0.887. The van der Waals surface area contributed by atoms with Crippen LogP contribution in [0.25, 0.3) is 0 Å². The van der Waals surface area contributed by atoms with Gasteiger partial charge in [-0.3, -0.25) is 0 Å². The highest BCUT2D eigenvalue weighted by Gasteiger charge is 2.09. The summed E-state index contributed by atoms with van der Waals surface area (Å²) in [6, 6.07) is 6.57. The fourth-order valence-electron chi connectivity index (χ4n) is 1.71. The highest BCUT2D eigenvalue weighted by Crippen LogP contribution is 2.20. The van der Waals surface area contributed by atoms with E-state index in [-0.39, 0.29) is 11.6 Å². The van der Waals surface area contributed by atoms with Crippen molar-refractivity contribution in [3.8, 4) is 0 Å². The molecule has 19 heavy (non-hydrogen) atoms. The van der Waals surface area contributed by atoms with Crippen molar-refractivity contribution in [2.75, 3.05) is 0 Å². The van der Waals surface area contributed by atoms with Crippen LogP contribution in [0.3, 0.4) is 0 Å². The van der Waals surface area contributed by atoms with Gasteiger partial charge in [-0.15, -0.1) is 11.3 Å². The average Bonchev–Trinajstić information content (AvgIpc) is 2.83. The van der Waals surface area contributed by atoms with E-state index in [4.69, 9.17) is 0 Å². The molecule has 2 aromatic rings. The molecule has 1 heterocycles. The molecule has 0 saturated carbocycles. The summed E-state index contributed by atoms with van der Waals surface area (Å²) in [4.78, 5) is 4.42. The molecule has 1 unspecified atom stereocenters. The van der Waals surface area contributed by atoms with Crippen molar-refractivity contribution >= 4 is 11.3 Å². The minimum atomic E-state index is -2.40. The van der Waals surface area contributed by atoms with Crippen LogP contribution < -0.4 is 5.32 Å². The molecule has 102 valence electrons. The maximum Gasteiger partial charge on any atom is 0.263 e. The van der Waals surface area contributed by atoms with Crippen LogP contribution >= 0.6 is 11.3 Å². The van der Waals surface area contributed by atoms with Gasteiger partial charge >= 0.3 is 0 Å². The monoisotopic (exact) mass is 282 g/mol. The molecular formula is C14H16F2N2S. The van der Waals surface area contributed by atoms with Crippen molar-refractivity contribution in [3.05, 3.63) is 51.5 Å². The minimum absolute atomic E-state index is 0.0624. The zero-order valence-electron chi connectivity index (χ0n) is 10.9. The maximum absolute atomic E-state index is 12.4. The Kier molecular flexibility index (Phi) is 4.61. The number of alkyl halides is 2. The molecule has 0 amide bonds. The number of thiazole rings is 1. The van der Waals surface area contributed by atoms with Crippen LogP contribution in [0.5, 0.6) is 0 Å². The van der Waals surface area contributed by atoms with Crippen LogP contribution in [-0.4, -0.2) is 4.98 Å². The maximum atomic E-state index is 12.4. The van der Waals surface area contributed by atoms with Gasteiger partial charge in [0.15, 0.2) is 0 Å². The van der Waals surface area contributed by atoms with Gasteiger partial charge in [-0.25, -0.2) is 13.8 Å². The molecule has 0 aliphatic heterocycles. The second-order valence-corrected chi connectivity index (χ2v) is 5.36. The Morgan fingerprint density at radius 1 is 1.26 bits per heavy atom. The van der Waals surface area contributed by atoms with Crippen molar-refractivity contribution < 1.29 is 8.78 Å². The first kappa shape index (κ1) is 14.1. The van der Waals surface area contributed by atoms with E-state index < -0.39 is 6.43 Å². The lowest BCUT2D eigenvalue weighted by Gasteiger charge is -2.11. The van der Waals surface area contributed by atoms with E-state index in [2.05, 4.69) is 10.3 Å². The summed E-state index contributed by atoms with van der Waals surface area (Å²) in [5, 5.41) is 6.40. The number of hydrogen-bond acceptors (Lipinski definition) is 3. The van der Waals surface area contributed by atoms with E-state index in [0.29, 0.717) is 6.54 Å². The van der Waals surface area contributed by atoms with E-state index in [1.54, 1.807) is 23.5 Å². The lowest BCUT2D eigenvalue weighted by atomic mass is 10.1. The molecule has 1 aromatic carbocycles. The second kappa shape index (κ2) is 6.21. The summed E-state index contributed by atoms with van der Waals surface area (Å²) in [6.45, 7) is 4.66. The number of rotatable bonds is 5. The predicted octanol–water partition coefficient (Wildman–Crippen LogP) is 4.24. The minimum Gasteiger partial charge on any atom is -0.304 e. The molecule has 1 atom stereocenters. The summed E-state index contributed by atoms with van der Waals surface area (Å²) in [5.74, 6) is 0. The van der Waals surface area contributed by atoms with E-state index >= 15 is 0 Å². The highest BCUT2D eigenvalue weighted by atomic mass is 32.1. The van der Waals surface area contributed by atoms with Gasteiger partial charge in [-0.1, -0.05) is 24.3 Å². The SMILES string of the molecule is Cc1csc(C(C)NCc2ccc(C(F)F)cc2)n1. The van der Waals surface area contributed by atoms with Gasteiger partial charge in [0, 0.05) is 23.2 Å². The fraction of sp³-hybridized carbons (Fsp3) is 0.357. The van der Waals surface area contributed by atoms with Crippen molar-refractivity contribution in [2.45, 2.75) is 32.9 Å². The molecule has 0 saturated heterocycles. The Morgan fingerprint density at radius 2 is 1.95 bits per heavy atom. The van der Waals surface area contributed by atoms with Crippen molar-refractivity contribution in [3.63, 3.8) is 0 Å². The zero-order chi connectivity index (χ0) is 13.8. The molecule has 0 aliphatic rings. The van der Waals surface area contributed by atoms with Crippen molar-refractivity contribution in [1.82, 2.24) is 10.3 Å². The molecule has 0 bridgehead atoms. The van der Waals surface area contributed by atoms with E-state index in [1.807, 2.05) is 19.2 Å². The summed E-state index contributed by atoms with van der Waals surface area (Å²) >= 11 is 1.63. The lowest BCUT2D eigenvalue weighted by Crippen LogP contribution is -2.17. The molecule has 0 radical (unpaired) electrons. The van der Waals surface area contributed by atoms with Gasteiger partial charge in [0.05, 0.1) is 6.04 Å². The second-order valence-electron chi connectivity index (χ2n) is 4.47. The Morgan fingerprint density at radius 3 is 2.47 bits per heavy atom. The topological polar surface area (TPSA) is 24.9 Å². The van der Waals surface area contributed by atoms with Gasteiger partial charge < -0.3 is 5.32 Å². The number of hydrogen-bond donors (Lipinski definition) is 1. The van der Waals surface area contributed by atoms with Crippen LogP contribution in [0, 0.1) is 6.92 Å². The molecule has 5 heteroatoms. The van der Waals surface area contributed by atoms with Gasteiger partial charge in [-0.05, 0) is 19.4 Å². The molecule has 0 spiro atoms. The molecule has 2 nitrogen and oxygen atoms in total. The number of nitrogens with one attached hydrogen (secondary N) is 1. The lowest BCUT2D eigenvalue weighted by molar-refractivity contribution is 0.151. The normalized spacial score (nSPS) is 12.9. The third-order valence-corrected chi connectivity index (χ3v) is 4.00. The van der Waals surface area contributed by atoms with Gasteiger partial charge in [0.25, 0.3) is 6.43 Å². The highest BCUT2D eigenvalue weighted by molar-refractivity contribution is 7.09. The first-order chi connectivity index (χ1) is 9.06. The van der Waals surface area contributed by atoms with Crippen molar-refractivity contribution in [2.24, 2.45) is 0 Å². The summed E-state index contributed by atoms with van der Waals surface area (Å²) in [6.07, 6.45) is -2.40. The Bertz CT molecular complexity index is 522. The molecule has 0 fully saturated rings. The van der Waals surface area contributed by atoms with Crippen molar-refractivity contribution in [1.29, 1.82) is 0 Å². The first-order valence-corrected chi connectivity index (χ1v) is 6.96. The van der Waals surface area contributed by atoms with Gasteiger partial charge in [0.1, 0.15) is 5.01 Å². The van der Waals surface area contributed by atoms with E-state index in [9.17, 15) is 8.78 Å².